The minimum Gasteiger partial charge on any atom is -0.493 e. The number of thioether (sulfide) groups is 1. The Morgan fingerprint density at radius 3 is 2.44 bits per heavy atom. The number of hydrogen-bond acceptors (Lipinski definition) is 3. The molecule has 0 unspecified atom stereocenters. The molecule has 0 saturated carbocycles. The molecule has 0 atom stereocenters. The van der Waals surface area contributed by atoms with Crippen LogP contribution in [-0.2, 0) is 6.61 Å². The average molecular weight is 260 g/mol. The van der Waals surface area contributed by atoms with E-state index in [2.05, 4.69) is 0 Å². The molecule has 0 aliphatic carbocycles. The predicted molar refractivity (Wildman–Crippen MR) is 75.5 cm³/mol. The lowest BCUT2D eigenvalue weighted by molar-refractivity contribution is 0.283. The van der Waals surface area contributed by atoms with Crippen molar-refractivity contribution in [1.82, 2.24) is 0 Å². The van der Waals surface area contributed by atoms with Crippen molar-refractivity contribution in [2.24, 2.45) is 0 Å². The fourth-order valence-electron chi connectivity index (χ4n) is 1.63. The Bertz CT molecular complexity index is 497. The van der Waals surface area contributed by atoms with Crippen LogP contribution in [0, 0.1) is 0 Å². The summed E-state index contributed by atoms with van der Waals surface area (Å²) in [6, 6.07) is 16.1. The molecule has 0 saturated heterocycles. The molecule has 94 valence electrons. The lowest BCUT2D eigenvalue weighted by Crippen LogP contribution is -1.97. The monoisotopic (exact) mass is 260 g/mol. The van der Waals surface area contributed by atoms with Gasteiger partial charge in [-0.05, 0) is 30.0 Å². The highest BCUT2D eigenvalue weighted by Gasteiger charge is 2.05. The van der Waals surface area contributed by atoms with E-state index in [1.165, 1.54) is 4.90 Å². The molecular formula is C15H16O2S. The lowest BCUT2D eigenvalue weighted by atomic mass is 10.2. The minimum atomic E-state index is 0.551. The van der Waals surface area contributed by atoms with Crippen LogP contribution in [0.5, 0.6) is 11.5 Å². The maximum atomic E-state index is 5.82. The van der Waals surface area contributed by atoms with E-state index in [1.807, 2.05) is 54.8 Å². The first-order chi connectivity index (χ1) is 8.83. The molecule has 18 heavy (non-hydrogen) atoms. The number of methoxy groups -OCH3 is 1. The van der Waals surface area contributed by atoms with Gasteiger partial charge in [-0.3, -0.25) is 0 Å². The summed E-state index contributed by atoms with van der Waals surface area (Å²) in [6.45, 7) is 0.551. The Labute approximate surface area is 112 Å². The van der Waals surface area contributed by atoms with E-state index in [0.717, 1.165) is 17.1 Å². The Kier molecular flexibility index (Phi) is 4.53. The molecule has 0 aliphatic heterocycles. The molecule has 0 aromatic heterocycles. The van der Waals surface area contributed by atoms with Gasteiger partial charge in [0.05, 0.1) is 7.11 Å². The molecule has 0 amide bonds. The second kappa shape index (κ2) is 6.36. The van der Waals surface area contributed by atoms with Crippen LogP contribution in [0.4, 0.5) is 0 Å². The van der Waals surface area contributed by atoms with Gasteiger partial charge >= 0.3 is 0 Å². The Morgan fingerprint density at radius 1 is 1.00 bits per heavy atom. The van der Waals surface area contributed by atoms with Crippen molar-refractivity contribution in [2.45, 2.75) is 11.5 Å². The summed E-state index contributed by atoms with van der Waals surface area (Å²) in [6.07, 6.45) is 2.04. The van der Waals surface area contributed by atoms with Crippen molar-refractivity contribution in [3.05, 3.63) is 54.1 Å². The second-order valence-corrected chi connectivity index (χ2v) is 4.67. The van der Waals surface area contributed by atoms with Crippen LogP contribution in [0.25, 0.3) is 0 Å². The number of ether oxygens (including phenoxy) is 2. The first kappa shape index (κ1) is 12.8. The maximum absolute atomic E-state index is 5.82. The second-order valence-electron chi connectivity index (χ2n) is 3.79. The number of hydrogen-bond donors (Lipinski definition) is 0. The van der Waals surface area contributed by atoms with Crippen LogP contribution >= 0.6 is 11.8 Å². The summed E-state index contributed by atoms with van der Waals surface area (Å²) in [5.74, 6) is 1.55. The molecule has 0 N–H and O–H groups in total. The fourth-order valence-corrected chi connectivity index (χ4v) is 2.06. The summed E-state index contributed by atoms with van der Waals surface area (Å²) in [4.78, 5) is 1.17. The molecule has 0 spiro atoms. The lowest BCUT2D eigenvalue weighted by Gasteiger charge is -2.11. The van der Waals surface area contributed by atoms with Crippen molar-refractivity contribution in [3.63, 3.8) is 0 Å². The Hall–Kier alpha value is -1.61. The van der Waals surface area contributed by atoms with Crippen molar-refractivity contribution in [2.75, 3.05) is 13.4 Å². The fraction of sp³-hybridized carbons (Fsp3) is 0.200. The van der Waals surface area contributed by atoms with Gasteiger partial charge in [0.2, 0.25) is 0 Å². The first-order valence-corrected chi connectivity index (χ1v) is 6.94. The highest BCUT2D eigenvalue weighted by atomic mass is 32.2. The van der Waals surface area contributed by atoms with Gasteiger partial charge < -0.3 is 9.47 Å². The van der Waals surface area contributed by atoms with Gasteiger partial charge in [-0.2, -0.15) is 0 Å². The molecule has 0 radical (unpaired) electrons. The van der Waals surface area contributed by atoms with Gasteiger partial charge in [-0.1, -0.05) is 30.3 Å². The van der Waals surface area contributed by atoms with E-state index in [0.29, 0.717) is 6.61 Å². The van der Waals surface area contributed by atoms with Gasteiger partial charge in [-0.25, -0.2) is 0 Å². The van der Waals surface area contributed by atoms with Crippen molar-refractivity contribution in [3.8, 4) is 11.5 Å². The van der Waals surface area contributed by atoms with Gasteiger partial charge in [0.1, 0.15) is 6.61 Å². The van der Waals surface area contributed by atoms with Crippen LogP contribution in [0.1, 0.15) is 5.56 Å². The van der Waals surface area contributed by atoms with Crippen molar-refractivity contribution < 1.29 is 9.47 Å². The molecule has 0 fully saturated rings. The SMILES string of the molecule is COc1ccc(SC)cc1OCc1ccccc1. The van der Waals surface area contributed by atoms with Crippen LogP contribution in [0.3, 0.4) is 0 Å². The smallest absolute Gasteiger partial charge is 0.162 e. The zero-order valence-corrected chi connectivity index (χ0v) is 11.4. The predicted octanol–water partition coefficient (Wildman–Crippen LogP) is 4.00. The standard InChI is InChI=1S/C15H16O2S/c1-16-14-9-8-13(18-2)10-15(14)17-11-12-6-4-3-5-7-12/h3-10H,11H2,1-2H3. The minimum absolute atomic E-state index is 0.551. The highest BCUT2D eigenvalue weighted by molar-refractivity contribution is 7.98. The van der Waals surface area contributed by atoms with E-state index < -0.39 is 0 Å². The molecular weight excluding hydrogens is 244 g/mol. The van der Waals surface area contributed by atoms with E-state index in [-0.39, 0.29) is 0 Å². The third kappa shape index (κ3) is 3.20. The normalized spacial score (nSPS) is 10.1. The largest absolute Gasteiger partial charge is 0.493 e. The molecule has 2 nitrogen and oxygen atoms in total. The van der Waals surface area contributed by atoms with Crippen molar-refractivity contribution in [1.29, 1.82) is 0 Å². The van der Waals surface area contributed by atoms with Crippen LogP contribution < -0.4 is 9.47 Å². The number of rotatable bonds is 5. The summed E-state index contributed by atoms with van der Waals surface area (Å²) in [5, 5.41) is 0. The molecule has 3 heteroatoms. The number of benzene rings is 2. The summed E-state index contributed by atoms with van der Waals surface area (Å²) in [7, 11) is 1.66. The molecule has 0 bridgehead atoms. The zero-order valence-electron chi connectivity index (χ0n) is 10.6. The molecule has 2 rings (SSSR count). The van der Waals surface area contributed by atoms with Crippen LogP contribution in [0.2, 0.25) is 0 Å². The topological polar surface area (TPSA) is 18.5 Å². The van der Waals surface area contributed by atoms with E-state index in [9.17, 15) is 0 Å². The Morgan fingerprint density at radius 2 is 1.78 bits per heavy atom. The summed E-state index contributed by atoms with van der Waals surface area (Å²) in [5.41, 5.74) is 1.15. The summed E-state index contributed by atoms with van der Waals surface area (Å²) >= 11 is 1.69. The van der Waals surface area contributed by atoms with Gasteiger partial charge in [-0.15, -0.1) is 11.8 Å². The maximum Gasteiger partial charge on any atom is 0.162 e. The van der Waals surface area contributed by atoms with Gasteiger partial charge in [0.25, 0.3) is 0 Å². The molecule has 0 heterocycles. The average Bonchev–Trinajstić information content (AvgIpc) is 2.45. The van der Waals surface area contributed by atoms with Crippen molar-refractivity contribution >= 4 is 11.8 Å². The van der Waals surface area contributed by atoms with Crippen LogP contribution in [-0.4, -0.2) is 13.4 Å². The zero-order chi connectivity index (χ0) is 12.8. The highest BCUT2D eigenvalue weighted by Crippen LogP contribution is 2.31. The third-order valence-corrected chi connectivity index (χ3v) is 3.33. The van der Waals surface area contributed by atoms with E-state index in [1.54, 1.807) is 18.9 Å². The van der Waals surface area contributed by atoms with Crippen LogP contribution in [0.15, 0.2) is 53.4 Å². The summed E-state index contributed by atoms with van der Waals surface area (Å²) < 4.78 is 11.1. The van der Waals surface area contributed by atoms with E-state index >= 15 is 0 Å². The first-order valence-electron chi connectivity index (χ1n) is 5.72. The molecule has 2 aromatic rings. The third-order valence-electron chi connectivity index (χ3n) is 2.61. The quantitative estimate of drug-likeness (QED) is 0.757. The molecule has 0 aliphatic rings. The Balaban J connectivity index is 2.12. The van der Waals surface area contributed by atoms with Gasteiger partial charge in [0.15, 0.2) is 11.5 Å². The van der Waals surface area contributed by atoms with E-state index in [4.69, 9.17) is 9.47 Å². The van der Waals surface area contributed by atoms with Gasteiger partial charge in [0, 0.05) is 4.90 Å². The molecule has 2 aromatic carbocycles.